The minimum absolute atomic E-state index is 0. The summed E-state index contributed by atoms with van der Waals surface area (Å²) in [5, 5.41) is 3.35. The van der Waals surface area contributed by atoms with Gasteiger partial charge in [-0.15, -0.1) is 18.8 Å². The number of hydrogen-bond donors (Lipinski definition) is 1. The fourth-order valence-corrected chi connectivity index (χ4v) is 1.22. The summed E-state index contributed by atoms with van der Waals surface area (Å²) in [6.45, 7) is 5.35. The van der Waals surface area contributed by atoms with E-state index >= 15 is 0 Å². The third-order valence-electron chi connectivity index (χ3n) is 1.98. The number of ether oxygens (including phenoxy) is 1. The third-order valence-corrected chi connectivity index (χ3v) is 1.98. The van der Waals surface area contributed by atoms with Crippen LogP contribution in [0.2, 0.25) is 0 Å². The molecular weight excluding hydrogens is 222 g/mol. The van der Waals surface area contributed by atoms with E-state index < -0.39 is 0 Å². The molecule has 0 heterocycles. The van der Waals surface area contributed by atoms with Crippen molar-refractivity contribution in [1.82, 2.24) is 5.32 Å². The molecule has 1 N–H and O–H groups in total. The third kappa shape index (κ3) is 5.06. The second-order valence-corrected chi connectivity index (χ2v) is 3.64. The first kappa shape index (κ1) is 14.8. The van der Waals surface area contributed by atoms with Crippen LogP contribution in [0.15, 0.2) is 24.3 Å². The van der Waals surface area contributed by atoms with Crippen LogP contribution in [0.4, 0.5) is 0 Å². The van der Waals surface area contributed by atoms with E-state index in [4.69, 9.17) is 11.2 Å². The predicted molar refractivity (Wildman–Crippen MR) is 70.0 cm³/mol. The molecule has 3 heteroatoms. The van der Waals surface area contributed by atoms with Gasteiger partial charge in [0.2, 0.25) is 0 Å². The lowest BCUT2D eigenvalue weighted by Gasteiger charge is -2.12. The van der Waals surface area contributed by atoms with Gasteiger partial charge in [-0.05, 0) is 6.07 Å². The van der Waals surface area contributed by atoms with Crippen LogP contribution in [0.25, 0.3) is 0 Å². The maximum Gasteiger partial charge on any atom is 0.148 e. The summed E-state index contributed by atoms with van der Waals surface area (Å²) in [6, 6.07) is 8.39. The average Bonchev–Trinajstić information content (AvgIpc) is 2.24. The maximum absolute atomic E-state index is 5.44. The molecule has 1 aromatic rings. The molecule has 16 heavy (non-hydrogen) atoms. The summed E-state index contributed by atoms with van der Waals surface area (Å²) in [4.78, 5) is 0. The molecule has 2 nitrogen and oxygen atoms in total. The molecule has 0 amide bonds. The highest BCUT2D eigenvalue weighted by Crippen LogP contribution is 2.17. The molecular formula is C13H18ClNO. The van der Waals surface area contributed by atoms with Gasteiger partial charge in [-0.2, -0.15) is 0 Å². The average molecular weight is 240 g/mol. The van der Waals surface area contributed by atoms with Crippen LogP contribution in [-0.4, -0.2) is 12.6 Å². The fourth-order valence-electron chi connectivity index (χ4n) is 1.22. The quantitative estimate of drug-likeness (QED) is 0.798. The van der Waals surface area contributed by atoms with Crippen molar-refractivity contribution in [2.45, 2.75) is 26.4 Å². The van der Waals surface area contributed by atoms with Gasteiger partial charge < -0.3 is 10.1 Å². The van der Waals surface area contributed by atoms with E-state index in [0.29, 0.717) is 12.6 Å². The summed E-state index contributed by atoms with van der Waals surface area (Å²) < 4.78 is 5.44. The van der Waals surface area contributed by atoms with Crippen molar-refractivity contribution in [2.24, 2.45) is 0 Å². The van der Waals surface area contributed by atoms with E-state index in [0.717, 1.165) is 17.9 Å². The van der Waals surface area contributed by atoms with Crippen molar-refractivity contribution in [1.29, 1.82) is 0 Å². The smallest absolute Gasteiger partial charge is 0.148 e. The van der Waals surface area contributed by atoms with Crippen LogP contribution in [0.3, 0.4) is 0 Å². The highest BCUT2D eigenvalue weighted by molar-refractivity contribution is 5.85. The lowest BCUT2D eigenvalue weighted by atomic mass is 10.2. The highest BCUT2D eigenvalue weighted by Gasteiger charge is 2.02. The van der Waals surface area contributed by atoms with Crippen molar-refractivity contribution in [3.05, 3.63) is 29.8 Å². The Hall–Kier alpha value is -1.17. The zero-order valence-corrected chi connectivity index (χ0v) is 10.5. The summed E-state index contributed by atoms with van der Waals surface area (Å²) >= 11 is 0. The van der Waals surface area contributed by atoms with Crippen LogP contribution < -0.4 is 10.1 Å². The monoisotopic (exact) mass is 239 g/mol. The SMILES string of the molecule is C#CCOc1ccccc1CNC(C)C.Cl. The molecule has 1 aromatic carbocycles. The Morgan fingerprint density at radius 2 is 2.06 bits per heavy atom. The minimum Gasteiger partial charge on any atom is -0.481 e. The molecule has 0 unspecified atom stereocenters. The molecule has 0 fully saturated rings. The Bertz CT molecular complexity index is 344. The molecule has 0 aliphatic heterocycles. The molecule has 0 aliphatic carbocycles. The standard InChI is InChI=1S/C13H17NO.ClH/c1-4-9-15-13-8-6-5-7-12(13)10-14-11(2)3;/h1,5-8,11,14H,9-10H2,2-3H3;1H. The maximum atomic E-state index is 5.44. The van der Waals surface area contributed by atoms with Gasteiger partial charge in [-0.25, -0.2) is 0 Å². The number of terminal acetylenes is 1. The number of rotatable bonds is 5. The van der Waals surface area contributed by atoms with Gasteiger partial charge >= 0.3 is 0 Å². The number of para-hydroxylation sites is 1. The fraction of sp³-hybridized carbons (Fsp3) is 0.385. The molecule has 0 saturated heterocycles. The van der Waals surface area contributed by atoms with Crippen molar-refractivity contribution in [3.8, 4) is 18.1 Å². The Morgan fingerprint density at radius 1 is 1.38 bits per heavy atom. The van der Waals surface area contributed by atoms with Crippen LogP contribution >= 0.6 is 12.4 Å². The normalized spacial score (nSPS) is 9.38. The van der Waals surface area contributed by atoms with E-state index in [9.17, 15) is 0 Å². The highest BCUT2D eigenvalue weighted by atomic mass is 35.5. The van der Waals surface area contributed by atoms with Crippen molar-refractivity contribution in [3.63, 3.8) is 0 Å². The van der Waals surface area contributed by atoms with E-state index in [1.54, 1.807) is 0 Å². The zero-order chi connectivity index (χ0) is 11.1. The van der Waals surface area contributed by atoms with E-state index in [1.165, 1.54) is 0 Å². The first-order valence-corrected chi connectivity index (χ1v) is 5.11. The number of hydrogen-bond acceptors (Lipinski definition) is 2. The van der Waals surface area contributed by atoms with Crippen LogP contribution in [0.5, 0.6) is 5.75 Å². The topological polar surface area (TPSA) is 21.3 Å². The second-order valence-electron chi connectivity index (χ2n) is 3.64. The van der Waals surface area contributed by atoms with Crippen LogP contribution in [0.1, 0.15) is 19.4 Å². The van der Waals surface area contributed by atoms with Gasteiger partial charge in [0.15, 0.2) is 0 Å². The van der Waals surface area contributed by atoms with Crippen molar-refractivity contribution >= 4 is 12.4 Å². The Morgan fingerprint density at radius 3 is 2.69 bits per heavy atom. The summed E-state index contributed by atoms with van der Waals surface area (Å²) in [5.41, 5.74) is 1.14. The molecule has 1 rings (SSSR count). The van der Waals surface area contributed by atoms with Gasteiger partial charge in [0, 0.05) is 18.2 Å². The van der Waals surface area contributed by atoms with Crippen LogP contribution in [-0.2, 0) is 6.54 Å². The van der Waals surface area contributed by atoms with E-state index in [1.807, 2.05) is 24.3 Å². The molecule has 0 aliphatic rings. The largest absolute Gasteiger partial charge is 0.481 e. The molecule has 0 spiro atoms. The second kappa shape index (κ2) is 8.04. The Kier molecular flexibility index (Phi) is 7.45. The van der Waals surface area contributed by atoms with Crippen molar-refractivity contribution in [2.75, 3.05) is 6.61 Å². The van der Waals surface area contributed by atoms with E-state index in [-0.39, 0.29) is 12.4 Å². The van der Waals surface area contributed by atoms with Gasteiger partial charge in [-0.1, -0.05) is 38.0 Å². The minimum atomic E-state index is 0. The number of benzene rings is 1. The van der Waals surface area contributed by atoms with Gasteiger partial charge in [0.05, 0.1) is 0 Å². The predicted octanol–water partition coefficient (Wildman–Crippen LogP) is 2.62. The van der Waals surface area contributed by atoms with Gasteiger partial charge in [-0.3, -0.25) is 0 Å². The molecule has 0 aromatic heterocycles. The molecule has 88 valence electrons. The summed E-state index contributed by atoms with van der Waals surface area (Å²) in [6.07, 6.45) is 5.16. The number of halogens is 1. The van der Waals surface area contributed by atoms with E-state index in [2.05, 4.69) is 25.1 Å². The lowest BCUT2D eigenvalue weighted by Crippen LogP contribution is -2.22. The lowest BCUT2D eigenvalue weighted by molar-refractivity contribution is 0.364. The molecule has 0 atom stereocenters. The van der Waals surface area contributed by atoms with Crippen molar-refractivity contribution < 1.29 is 4.74 Å². The summed E-state index contributed by atoms with van der Waals surface area (Å²) in [5.74, 6) is 3.33. The first-order valence-electron chi connectivity index (χ1n) is 5.11. The first-order chi connectivity index (χ1) is 7.24. The van der Waals surface area contributed by atoms with Gasteiger partial charge in [0.1, 0.15) is 12.4 Å². The zero-order valence-electron chi connectivity index (χ0n) is 9.69. The molecule has 0 radical (unpaired) electrons. The van der Waals surface area contributed by atoms with Crippen LogP contribution in [0, 0.1) is 12.3 Å². The number of nitrogens with one attached hydrogen (secondary N) is 1. The van der Waals surface area contributed by atoms with Gasteiger partial charge in [0.25, 0.3) is 0 Å². The summed E-state index contributed by atoms with van der Waals surface area (Å²) in [7, 11) is 0. The molecule has 0 bridgehead atoms. The molecule has 0 saturated carbocycles. The Labute approximate surface area is 104 Å². The Balaban J connectivity index is 0.00000225.